The Morgan fingerprint density at radius 1 is 1.39 bits per heavy atom. The molecular weight excluding hydrogens is 302 g/mol. The van der Waals surface area contributed by atoms with E-state index in [1.54, 1.807) is 6.07 Å². The lowest BCUT2D eigenvalue weighted by molar-refractivity contribution is 0.0970. The molecule has 0 amide bonds. The highest BCUT2D eigenvalue weighted by atomic mass is 79.9. The number of hydrogen-bond acceptors (Lipinski definition) is 5. The molecule has 1 aromatic carbocycles. The Labute approximate surface area is 112 Å². The average molecular weight is 314 g/mol. The molecule has 0 radical (unpaired) electrons. The number of Topliss-reactive ketones (excluding diaryl/α,β-unsaturated/α-hetero) is 1. The van der Waals surface area contributed by atoms with Gasteiger partial charge >= 0.3 is 0 Å². The number of hydrogen-bond donors (Lipinski definition) is 1. The second kappa shape index (κ2) is 5.49. The monoisotopic (exact) mass is 313 g/mol. The summed E-state index contributed by atoms with van der Waals surface area (Å²) < 4.78 is 11.4. The summed E-state index contributed by atoms with van der Waals surface area (Å²) in [6, 6.07) is 1.56. The summed E-state index contributed by atoms with van der Waals surface area (Å²) >= 11 is 3.28. The summed E-state index contributed by atoms with van der Waals surface area (Å²) in [6.45, 7) is 0.973. The quantitative estimate of drug-likeness (QED) is 0.674. The predicted molar refractivity (Wildman–Crippen MR) is 68.5 cm³/mol. The normalized spacial score (nSPS) is 13.2. The van der Waals surface area contributed by atoms with Crippen LogP contribution in [0.2, 0.25) is 0 Å². The molecule has 1 aliphatic rings. The summed E-state index contributed by atoms with van der Waals surface area (Å²) in [6.07, 6.45) is 0.893. The fourth-order valence-electron chi connectivity index (χ4n) is 1.80. The van der Waals surface area contributed by atoms with Gasteiger partial charge in [0.05, 0.1) is 11.1 Å². The first kappa shape index (κ1) is 13.0. The van der Waals surface area contributed by atoms with Crippen LogP contribution >= 0.6 is 15.9 Å². The molecule has 0 aromatic heterocycles. The van der Waals surface area contributed by atoms with E-state index in [0.717, 1.165) is 0 Å². The van der Waals surface area contributed by atoms with Crippen molar-refractivity contribution >= 4 is 28.0 Å². The average Bonchev–Trinajstić information content (AvgIpc) is 2.37. The topological polar surface area (TPSA) is 78.6 Å². The SMILES string of the molecule is NCCC(=O)c1c(Br)cc(C=O)c2c1OCCO2. The number of fused-ring (bicyclic) bond motifs is 1. The van der Waals surface area contributed by atoms with E-state index in [-0.39, 0.29) is 18.7 Å². The van der Waals surface area contributed by atoms with Gasteiger partial charge in [0, 0.05) is 10.9 Å². The predicted octanol–water partition coefficient (Wildman–Crippen LogP) is 1.56. The molecule has 2 N–H and O–H groups in total. The van der Waals surface area contributed by atoms with Gasteiger partial charge in [-0.2, -0.15) is 0 Å². The molecule has 96 valence electrons. The highest BCUT2D eigenvalue weighted by Gasteiger charge is 2.26. The van der Waals surface area contributed by atoms with Crippen molar-refractivity contribution in [2.45, 2.75) is 6.42 Å². The largest absolute Gasteiger partial charge is 0.485 e. The van der Waals surface area contributed by atoms with Crippen LogP contribution in [-0.2, 0) is 0 Å². The van der Waals surface area contributed by atoms with E-state index < -0.39 is 0 Å². The van der Waals surface area contributed by atoms with Crippen LogP contribution in [0.15, 0.2) is 10.5 Å². The number of benzene rings is 1. The van der Waals surface area contributed by atoms with Crippen molar-refractivity contribution < 1.29 is 19.1 Å². The minimum atomic E-state index is -0.136. The van der Waals surface area contributed by atoms with Crippen molar-refractivity contribution in [3.05, 3.63) is 21.7 Å². The maximum Gasteiger partial charge on any atom is 0.174 e. The first-order chi connectivity index (χ1) is 8.69. The van der Waals surface area contributed by atoms with Crippen LogP contribution in [0.3, 0.4) is 0 Å². The highest BCUT2D eigenvalue weighted by Crippen LogP contribution is 2.41. The number of carbonyl (C=O) groups excluding carboxylic acids is 2. The Morgan fingerprint density at radius 3 is 2.67 bits per heavy atom. The summed E-state index contributed by atoms with van der Waals surface area (Å²) in [5.74, 6) is 0.527. The van der Waals surface area contributed by atoms with Crippen molar-refractivity contribution in [3.8, 4) is 11.5 Å². The van der Waals surface area contributed by atoms with Gasteiger partial charge in [-0.15, -0.1) is 0 Å². The van der Waals surface area contributed by atoms with Crippen molar-refractivity contribution in [2.24, 2.45) is 5.73 Å². The van der Waals surface area contributed by atoms with E-state index >= 15 is 0 Å². The van der Waals surface area contributed by atoms with Crippen LogP contribution in [0, 0.1) is 0 Å². The van der Waals surface area contributed by atoms with Crippen LogP contribution < -0.4 is 15.2 Å². The molecule has 0 atom stereocenters. The van der Waals surface area contributed by atoms with Gasteiger partial charge in [-0.3, -0.25) is 9.59 Å². The molecule has 18 heavy (non-hydrogen) atoms. The first-order valence-electron chi connectivity index (χ1n) is 5.49. The zero-order valence-electron chi connectivity index (χ0n) is 9.57. The van der Waals surface area contributed by atoms with E-state index in [0.29, 0.717) is 46.6 Å². The molecule has 1 aromatic rings. The third-order valence-corrected chi connectivity index (χ3v) is 3.20. The number of nitrogens with two attached hydrogens (primary N) is 1. The number of rotatable bonds is 4. The molecule has 6 heteroatoms. The molecule has 0 saturated heterocycles. The molecule has 1 aliphatic heterocycles. The van der Waals surface area contributed by atoms with Gasteiger partial charge in [0.1, 0.15) is 13.2 Å². The van der Waals surface area contributed by atoms with E-state index in [2.05, 4.69) is 15.9 Å². The molecule has 0 fully saturated rings. The van der Waals surface area contributed by atoms with Gasteiger partial charge in [0.15, 0.2) is 23.6 Å². The van der Waals surface area contributed by atoms with Crippen molar-refractivity contribution in [3.63, 3.8) is 0 Å². The van der Waals surface area contributed by atoms with Gasteiger partial charge in [-0.25, -0.2) is 0 Å². The first-order valence-corrected chi connectivity index (χ1v) is 6.29. The van der Waals surface area contributed by atoms with Gasteiger partial charge in [0.25, 0.3) is 0 Å². The smallest absolute Gasteiger partial charge is 0.174 e. The second-order valence-electron chi connectivity index (χ2n) is 3.76. The lowest BCUT2D eigenvalue weighted by atomic mass is 10.0. The number of ether oxygens (including phenoxy) is 2. The van der Waals surface area contributed by atoms with Crippen molar-refractivity contribution in [2.75, 3.05) is 19.8 Å². The number of ketones is 1. The van der Waals surface area contributed by atoms with Crippen LogP contribution in [0.5, 0.6) is 11.5 Å². The fourth-order valence-corrected chi connectivity index (χ4v) is 2.45. The Morgan fingerprint density at radius 2 is 2.06 bits per heavy atom. The molecular formula is C12H12BrNO4. The van der Waals surface area contributed by atoms with Crippen LogP contribution in [-0.4, -0.2) is 31.8 Å². The number of aldehydes is 1. The minimum Gasteiger partial charge on any atom is -0.485 e. The summed E-state index contributed by atoms with van der Waals surface area (Å²) in [5, 5.41) is 0. The maximum absolute atomic E-state index is 12.0. The molecule has 2 rings (SSSR count). The Kier molecular flexibility index (Phi) is 3.98. The molecule has 0 unspecified atom stereocenters. The Balaban J connectivity index is 2.58. The van der Waals surface area contributed by atoms with Crippen molar-refractivity contribution in [1.29, 1.82) is 0 Å². The van der Waals surface area contributed by atoms with E-state index in [1.807, 2.05) is 0 Å². The highest BCUT2D eigenvalue weighted by molar-refractivity contribution is 9.10. The third-order valence-electron chi connectivity index (χ3n) is 2.57. The molecule has 0 bridgehead atoms. The fraction of sp³-hybridized carbons (Fsp3) is 0.333. The Bertz CT molecular complexity index is 501. The Hall–Kier alpha value is -1.40. The third kappa shape index (κ3) is 2.26. The maximum atomic E-state index is 12.0. The number of carbonyl (C=O) groups is 2. The molecule has 5 nitrogen and oxygen atoms in total. The zero-order valence-corrected chi connectivity index (χ0v) is 11.2. The van der Waals surface area contributed by atoms with Gasteiger partial charge in [0.2, 0.25) is 0 Å². The van der Waals surface area contributed by atoms with Crippen LogP contribution in [0.25, 0.3) is 0 Å². The molecule has 0 spiro atoms. The second-order valence-corrected chi connectivity index (χ2v) is 4.61. The van der Waals surface area contributed by atoms with Gasteiger partial charge in [-0.1, -0.05) is 0 Å². The van der Waals surface area contributed by atoms with Crippen molar-refractivity contribution in [1.82, 2.24) is 0 Å². The van der Waals surface area contributed by atoms with Crippen LogP contribution in [0.4, 0.5) is 0 Å². The minimum absolute atomic E-state index is 0.136. The lowest BCUT2D eigenvalue weighted by Crippen LogP contribution is -2.20. The summed E-state index contributed by atoms with van der Waals surface area (Å²) in [4.78, 5) is 23.0. The molecule has 1 heterocycles. The zero-order chi connectivity index (χ0) is 13.1. The lowest BCUT2D eigenvalue weighted by Gasteiger charge is -2.22. The van der Waals surface area contributed by atoms with E-state index in [1.165, 1.54) is 0 Å². The number of halogens is 1. The molecule has 0 aliphatic carbocycles. The van der Waals surface area contributed by atoms with Gasteiger partial charge < -0.3 is 15.2 Å². The summed E-state index contributed by atoms with van der Waals surface area (Å²) in [5.41, 5.74) is 6.14. The van der Waals surface area contributed by atoms with E-state index in [9.17, 15) is 9.59 Å². The van der Waals surface area contributed by atoms with Gasteiger partial charge in [-0.05, 0) is 28.5 Å². The standard InChI is InChI=1S/C12H12BrNO4/c13-8-5-7(6-15)11-12(18-4-3-17-11)10(8)9(16)1-2-14/h5-6H,1-4,14H2. The summed E-state index contributed by atoms with van der Waals surface area (Å²) in [7, 11) is 0. The van der Waals surface area contributed by atoms with E-state index in [4.69, 9.17) is 15.2 Å². The molecule has 0 saturated carbocycles. The van der Waals surface area contributed by atoms with Crippen LogP contribution in [0.1, 0.15) is 27.1 Å².